The summed E-state index contributed by atoms with van der Waals surface area (Å²) in [6, 6.07) is 12.4. The summed E-state index contributed by atoms with van der Waals surface area (Å²) in [6.07, 6.45) is -0.873. The maximum absolute atomic E-state index is 9.48. The summed E-state index contributed by atoms with van der Waals surface area (Å²) in [5.41, 5.74) is 4.28. The number of aliphatic hydroxyl groups excluding tert-OH is 2. The molecule has 0 aromatic heterocycles. The lowest BCUT2D eigenvalue weighted by Crippen LogP contribution is -2.22. The number of halogens is 1. The van der Waals surface area contributed by atoms with Crippen molar-refractivity contribution in [1.82, 2.24) is 0 Å². The van der Waals surface area contributed by atoms with E-state index in [0.29, 0.717) is 24.2 Å². The zero-order valence-electron chi connectivity index (χ0n) is 18.0. The quantitative estimate of drug-likeness (QED) is 0.551. The average molecular weight is 421 g/mol. The molecule has 160 valence electrons. The summed E-state index contributed by atoms with van der Waals surface area (Å²) in [4.78, 5) is 0. The molecule has 2 atom stereocenters. The van der Waals surface area contributed by atoms with E-state index in [9.17, 15) is 5.11 Å². The van der Waals surface area contributed by atoms with Crippen LogP contribution in [0.4, 0.5) is 0 Å². The zero-order valence-corrected chi connectivity index (χ0v) is 18.8. The molecule has 29 heavy (non-hydrogen) atoms. The molecule has 0 unspecified atom stereocenters. The molecule has 2 rings (SSSR count). The maximum atomic E-state index is 9.48. The SMILES string of the molecule is Cc1cc(C(C)(C)c2ccc(OC[C@@H](O)CO)c(C)c2)ccc1OC[C@@H](C)CCl. The van der Waals surface area contributed by atoms with Gasteiger partial charge in [-0.25, -0.2) is 0 Å². The van der Waals surface area contributed by atoms with Gasteiger partial charge in [0.25, 0.3) is 0 Å². The number of hydrogen-bond donors (Lipinski definition) is 2. The number of alkyl halides is 1. The minimum atomic E-state index is -0.873. The molecule has 2 aromatic carbocycles. The number of rotatable bonds is 10. The van der Waals surface area contributed by atoms with Gasteiger partial charge in [0.05, 0.1) is 13.2 Å². The van der Waals surface area contributed by atoms with Crippen LogP contribution in [-0.4, -0.2) is 42.0 Å². The Morgan fingerprint density at radius 1 is 0.931 bits per heavy atom. The number of aryl methyl sites for hydroxylation is 2. The van der Waals surface area contributed by atoms with E-state index in [2.05, 4.69) is 52.0 Å². The summed E-state index contributed by atoms with van der Waals surface area (Å²) in [5, 5.41) is 18.4. The Morgan fingerprint density at radius 3 is 1.83 bits per heavy atom. The lowest BCUT2D eigenvalue weighted by molar-refractivity contribution is 0.0534. The molecule has 2 N–H and O–H groups in total. The van der Waals surface area contributed by atoms with E-state index >= 15 is 0 Å². The molecular formula is C24H33ClO4. The monoisotopic (exact) mass is 420 g/mol. The predicted molar refractivity (Wildman–Crippen MR) is 118 cm³/mol. The summed E-state index contributed by atoms with van der Waals surface area (Å²) >= 11 is 5.86. The van der Waals surface area contributed by atoms with E-state index in [1.807, 2.05) is 19.1 Å². The van der Waals surface area contributed by atoms with Gasteiger partial charge < -0.3 is 19.7 Å². The molecule has 0 saturated carbocycles. The fraction of sp³-hybridized carbons (Fsp3) is 0.500. The Hall–Kier alpha value is -1.75. The van der Waals surface area contributed by atoms with Gasteiger partial charge in [0.2, 0.25) is 0 Å². The minimum absolute atomic E-state index is 0.0725. The zero-order chi connectivity index (χ0) is 21.6. The van der Waals surface area contributed by atoms with E-state index in [-0.39, 0.29) is 18.6 Å². The van der Waals surface area contributed by atoms with Crippen LogP contribution in [0, 0.1) is 19.8 Å². The Morgan fingerprint density at radius 2 is 1.41 bits per heavy atom. The Kier molecular flexibility index (Phi) is 8.38. The molecule has 0 radical (unpaired) electrons. The average Bonchev–Trinajstić information content (AvgIpc) is 2.71. The highest BCUT2D eigenvalue weighted by Crippen LogP contribution is 2.36. The van der Waals surface area contributed by atoms with Crippen LogP contribution >= 0.6 is 11.6 Å². The minimum Gasteiger partial charge on any atom is -0.493 e. The summed E-state index contributed by atoms with van der Waals surface area (Å²) in [6.45, 7) is 10.9. The molecule has 4 nitrogen and oxygen atoms in total. The molecule has 2 aromatic rings. The van der Waals surface area contributed by atoms with E-state index in [1.165, 1.54) is 11.1 Å². The van der Waals surface area contributed by atoms with Crippen LogP contribution in [0.2, 0.25) is 0 Å². The number of benzene rings is 2. The Balaban J connectivity index is 2.19. The highest BCUT2D eigenvalue weighted by atomic mass is 35.5. The van der Waals surface area contributed by atoms with Crippen LogP contribution in [0.1, 0.15) is 43.0 Å². The third kappa shape index (κ3) is 6.11. The standard InChI is InChI=1S/C24H33ClO4/c1-16(12-25)14-28-22-8-6-19(10-17(22)2)24(4,5)20-7-9-23(18(3)11-20)29-15-21(27)13-26/h6-11,16,21,26-27H,12-15H2,1-5H3/t16-,21-/m0/s1. The molecular weight excluding hydrogens is 388 g/mol. The third-order valence-electron chi connectivity index (χ3n) is 5.22. The fourth-order valence-electron chi connectivity index (χ4n) is 3.08. The van der Waals surface area contributed by atoms with Gasteiger partial charge in [-0.15, -0.1) is 11.6 Å². The topological polar surface area (TPSA) is 58.9 Å². The molecule has 0 bridgehead atoms. The summed E-state index contributed by atoms with van der Waals surface area (Å²) in [5.74, 6) is 2.51. The molecule has 0 amide bonds. The molecule has 0 fully saturated rings. The Labute approximate surface area is 179 Å². The second-order valence-corrected chi connectivity index (χ2v) is 8.61. The normalized spacial score (nSPS) is 13.8. The van der Waals surface area contributed by atoms with Crippen molar-refractivity contribution in [2.24, 2.45) is 5.92 Å². The predicted octanol–water partition coefficient (Wildman–Crippen LogP) is 4.62. The van der Waals surface area contributed by atoms with Crippen molar-refractivity contribution < 1.29 is 19.7 Å². The summed E-state index contributed by atoms with van der Waals surface area (Å²) < 4.78 is 11.5. The van der Waals surface area contributed by atoms with Crippen molar-refractivity contribution in [2.75, 3.05) is 25.7 Å². The van der Waals surface area contributed by atoms with E-state index in [1.54, 1.807) is 0 Å². The second kappa shape index (κ2) is 10.3. The van der Waals surface area contributed by atoms with Crippen LogP contribution in [-0.2, 0) is 5.41 Å². The van der Waals surface area contributed by atoms with Crippen molar-refractivity contribution in [1.29, 1.82) is 0 Å². The maximum Gasteiger partial charge on any atom is 0.122 e. The van der Waals surface area contributed by atoms with Gasteiger partial charge in [0.15, 0.2) is 0 Å². The number of hydrogen-bond acceptors (Lipinski definition) is 4. The second-order valence-electron chi connectivity index (χ2n) is 8.30. The molecule has 0 heterocycles. The summed E-state index contributed by atoms with van der Waals surface area (Å²) in [7, 11) is 0. The first-order valence-electron chi connectivity index (χ1n) is 10.0. The number of ether oxygens (including phenoxy) is 2. The molecule has 0 saturated heterocycles. The van der Waals surface area contributed by atoms with Gasteiger partial charge in [0.1, 0.15) is 24.2 Å². The largest absolute Gasteiger partial charge is 0.493 e. The van der Waals surface area contributed by atoms with Crippen LogP contribution in [0.15, 0.2) is 36.4 Å². The number of aliphatic hydroxyl groups is 2. The first-order valence-corrected chi connectivity index (χ1v) is 10.5. The van der Waals surface area contributed by atoms with Gasteiger partial charge in [-0.3, -0.25) is 0 Å². The van der Waals surface area contributed by atoms with E-state index < -0.39 is 6.10 Å². The Bertz CT molecular complexity index is 738. The first kappa shape index (κ1) is 23.5. The van der Waals surface area contributed by atoms with Crippen LogP contribution in [0.5, 0.6) is 11.5 Å². The van der Waals surface area contributed by atoms with Gasteiger partial charge in [0, 0.05) is 17.2 Å². The third-order valence-corrected chi connectivity index (χ3v) is 5.75. The molecule has 5 heteroatoms. The molecule has 0 aliphatic rings. The highest BCUT2D eigenvalue weighted by Gasteiger charge is 2.24. The smallest absolute Gasteiger partial charge is 0.122 e. The van der Waals surface area contributed by atoms with Crippen LogP contribution < -0.4 is 9.47 Å². The fourth-order valence-corrected chi connectivity index (χ4v) is 3.17. The molecule has 0 spiro atoms. The van der Waals surface area contributed by atoms with E-state index in [4.69, 9.17) is 26.2 Å². The van der Waals surface area contributed by atoms with Gasteiger partial charge >= 0.3 is 0 Å². The van der Waals surface area contributed by atoms with Crippen molar-refractivity contribution in [3.63, 3.8) is 0 Å². The van der Waals surface area contributed by atoms with Gasteiger partial charge in [-0.05, 0) is 48.2 Å². The van der Waals surface area contributed by atoms with Gasteiger partial charge in [-0.2, -0.15) is 0 Å². The molecule has 0 aliphatic carbocycles. The van der Waals surface area contributed by atoms with Crippen molar-refractivity contribution in [3.05, 3.63) is 58.7 Å². The first-order chi connectivity index (χ1) is 13.7. The van der Waals surface area contributed by atoms with Crippen molar-refractivity contribution in [3.8, 4) is 11.5 Å². The lowest BCUT2D eigenvalue weighted by Gasteiger charge is -2.28. The van der Waals surface area contributed by atoms with Crippen molar-refractivity contribution in [2.45, 2.75) is 46.1 Å². The highest BCUT2D eigenvalue weighted by molar-refractivity contribution is 6.18. The van der Waals surface area contributed by atoms with Crippen LogP contribution in [0.25, 0.3) is 0 Å². The van der Waals surface area contributed by atoms with E-state index in [0.717, 1.165) is 16.9 Å². The molecule has 0 aliphatic heterocycles. The van der Waals surface area contributed by atoms with Gasteiger partial charge in [-0.1, -0.05) is 45.0 Å². The van der Waals surface area contributed by atoms with Crippen molar-refractivity contribution >= 4 is 11.6 Å². The van der Waals surface area contributed by atoms with Crippen LogP contribution in [0.3, 0.4) is 0 Å². The lowest BCUT2D eigenvalue weighted by atomic mass is 9.77.